The highest BCUT2D eigenvalue weighted by Gasteiger charge is 2.40. The summed E-state index contributed by atoms with van der Waals surface area (Å²) < 4.78 is 20.1. The summed E-state index contributed by atoms with van der Waals surface area (Å²) in [7, 11) is 0. The molecule has 1 atom stereocenters. The molecule has 186 valence electrons. The molecule has 10 heteroatoms. The van der Waals surface area contributed by atoms with Crippen LogP contribution in [0.5, 0.6) is 0 Å². The predicted molar refractivity (Wildman–Crippen MR) is 122 cm³/mol. The molecule has 0 aromatic rings. The molecule has 0 rings (SSSR count). The van der Waals surface area contributed by atoms with Crippen LogP contribution in [0.1, 0.15) is 68.7 Å². The second-order valence-corrected chi connectivity index (χ2v) is 12.3. The lowest BCUT2D eigenvalue weighted by molar-refractivity contribution is -0.173. The van der Waals surface area contributed by atoms with E-state index in [1.54, 1.807) is 55.4 Å². The van der Waals surface area contributed by atoms with Crippen molar-refractivity contribution in [2.24, 2.45) is 10.8 Å². The number of nitrogens with one attached hydrogen (secondary N) is 1. The van der Waals surface area contributed by atoms with Crippen LogP contribution in [0, 0.1) is 10.8 Å². The first-order valence-electron chi connectivity index (χ1n) is 10.5. The summed E-state index contributed by atoms with van der Waals surface area (Å²) >= 11 is 3.21. The Balaban J connectivity index is 4.90. The van der Waals surface area contributed by atoms with Gasteiger partial charge in [-0.1, -0.05) is 15.9 Å². The molecule has 0 saturated carbocycles. The summed E-state index contributed by atoms with van der Waals surface area (Å²) in [6.07, 6.45) is -0.219. The first-order valence-corrected chi connectivity index (χ1v) is 11.2. The van der Waals surface area contributed by atoms with Crippen LogP contribution in [0.3, 0.4) is 0 Å². The Bertz CT molecular complexity index is 641. The van der Waals surface area contributed by atoms with E-state index in [4.69, 9.17) is 18.9 Å². The van der Waals surface area contributed by atoms with Gasteiger partial charge in [0, 0.05) is 6.54 Å². The fourth-order valence-electron chi connectivity index (χ4n) is 1.91. The van der Waals surface area contributed by atoms with Crippen molar-refractivity contribution < 1.29 is 38.1 Å². The van der Waals surface area contributed by atoms with Crippen LogP contribution in [0.25, 0.3) is 0 Å². The molecule has 32 heavy (non-hydrogen) atoms. The summed E-state index contributed by atoms with van der Waals surface area (Å²) in [5, 5.41) is 2.57. The third kappa shape index (κ3) is 12.3. The van der Waals surface area contributed by atoms with Crippen molar-refractivity contribution >= 4 is 39.9 Å². The average Bonchev–Trinajstić information content (AvgIpc) is 2.60. The molecule has 0 radical (unpaired) electrons. The van der Waals surface area contributed by atoms with Gasteiger partial charge in [-0.25, -0.2) is 4.79 Å². The highest BCUT2D eigenvalue weighted by Crippen LogP contribution is 2.25. The number of amides is 1. The minimum Gasteiger partial charge on any atom is -0.465 e. The molecular weight excluding hydrogens is 486 g/mol. The Morgan fingerprint density at radius 2 is 1.25 bits per heavy atom. The van der Waals surface area contributed by atoms with Gasteiger partial charge in [0.2, 0.25) is 0 Å². The summed E-state index contributed by atoms with van der Waals surface area (Å²) in [6, 6.07) is 0. The fraction of sp³-hybridized carbons (Fsp3) is 0.818. The molecule has 1 amide bonds. The zero-order chi connectivity index (χ0) is 25.4. The summed E-state index contributed by atoms with van der Waals surface area (Å²) in [4.78, 5) is 48.6. The van der Waals surface area contributed by atoms with Gasteiger partial charge in [-0.05, 0) is 68.7 Å². The lowest BCUT2D eigenvalue weighted by Gasteiger charge is -2.29. The van der Waals surface area contributed by atoms with Crippen molar-refractivity contribution in [2.75, 3.05) is 26.4 Å². The van der Waals surface area contributed by atoms with Crippen molar-refractivity contribution in [1.29, 1.82) is 0 Å². The van der Waals surface area contributed by atoms with Crippen molar-refractivity contribution in [3.8, 4) is 0 Å². The van der Waals surface area contributed by atoms with Gasteiger partial charge in [-0.3, -0.25) is 14.4 Å². The Morgan fingerprint density at radius 3 is 1.69 bits per heavy atom. The molecule has 0 spiro atoms. The van der Waals surface area contributed by atoms with Gasteiger partial charge in [-0.15, -0.1) is 0 Å². The first-order chi connectivity index (χ1) is 14.3. The number of hydrogen-bond donors (Lipinski definition) is 1. The molecule has 0 fully saturated rings. The monoisotopic (exact) mass is 523 g/mol. The second kappa shape index (κ2) is 11.9. The molecule has 0 heterocycles. The van der Waals surface area contributed by atoms with Gasteiger partial charge in [-0.2, -0.15) is 0 Å². The Kier molecular flexibility index (Phi) is 11.2. The number of carbonyl (C=O) groups excluding carboxylic acids is 4. The van der Waals surface area contributed by atoms with E-state index >= 15 is 0 Å². The lowest BCUT2D eigenvalue weighted by atomic mass is 9.92. The number of alkyl halides is 1. The zero-order valence-corrected chi connectivity index (χ0v) is 22.3. The van der Waals surface area contributed by atoms with Gasteiger partial charge < -0.3 is 24.3 Å². The normalized spacial score (nSPS) is 14.1. The number of hydrogen-bond acceptors (Lipinski definition) is 8. The molecule has 0 aromatic carbocycles. The first kappa shape index (κ1) is 30.2. The fourth-order valence-corrected chi connectivity index (χ4v) is 2.03. The maximum Gasteiger partial charge on any atom is 0.407 e. The molecule has 1 N–H and O–H groups in total. The third-order valence-electron chi connectivity index (χ3n) is 3.86. The minimum absolute atomic E-state index is 0.00925. The zero-order valence-electron chi connectivity index (χ0n) is 20.7. The molecule has 9 nitrogen and oxygen atoms in total. The largest absolute Gasteiger partial charge is 0.465 e. The van der Waals surface area contributed by atoms with Crippen LogP contribution in [0.4, 0.5) is 4.79 Å². The smallest absolute Gasteiger partial charge is 0.407 e. The molecule has 0 aliphatic heterocycles. The van der Waals surface area contributed by atoms with Gasteiger partial charge in [0.25, 0.3) is 0 Å². The van der Waals surface area contributed by atoms with E-state index in [-0.39, 0.29) is 26.4 Å². The van der Waals surface area contributed by atoms with Crippen molar-refractivity contribution in [3.63, 3.8) is 0 Å². The number of esters is 3. The van der Waals surface area contributed by atoms with Gasteiger partial charge in [0.1, 0.15) is 28.6 Å². The molecule has 0 bridgehead atoms. The van der Waals surface area contributed by atoms with E-state index in [1.165, 1.54) is 6.92 Å². The number of rotatable bonds is 10. The molecule has 0 saturated heterocycles. The summed E-state index contributed by atoms with van der Waals surface area (Å²) in [6.45, 7) is 14.7. The molecule has 0 aromatic heterocycles. The topological polar surface area (TPSA) is 117 Å². The van der Waals surface area contributed by atoms with Crippen molar-refractivity contribution in [1.82, 2.24) is 5.32 Å². The summed E-state index contributed by atoms with van der Waals surface area (Å²) in [5.41, 5.74) is -2.76. The maximum absolute atomic E-state index is 12.7. The maximum atomic E-state index is 12.7. The van der Waals surface area contributed by atoms with E-state index in [0.717, 1.165) is 0 Å². The van der Waals surface area contributed by atoms with Crippen LogP contribution in [0.2, 0.25) is 0 Å². The Labute approximate surface area is 199 Å². The van der Waals surface area contributed by atoms with Crippen molar-refractivity contribution in [2.45, 2.75) is 78.7 Å². The third-order valence-corrected chi connectivity index (χ3v) is 4.18. The summed E-state index contributed by atoms with van der Waals surface area (Å²) in [5.74, 6) is -1.75. The van der Waals surface area contributed by atoms with E-state index in [1.807, 2.05) is 0 Å². The van der Waals surface area contributed by atoms with E-state index in [0.29, 0.717) is 6.42 Å². The Hall–Kier alpha value is -1.84. The number of alkyl carbamates (subject to hydrolysis) is 1. The molecular formula is C22H38BrNO8. The SMILES string of the molecule is CC(C)(C)OC(=O)NCCCOC(=O)C(C)(COC(=O)C(C)(C)C)COC(=O)C(C)(C)Br. The van der Waals surface area contributed by atoms with E-state index < -0.39 is 44.8 Å². The van der Waals surface area contributed by atoms with Gasteiger partial charge in [0.05, 0.1) is 12.0 Å². The van der Waals surface area contributed by atoms with Gasteiger partial charge in [0.15, 0.2) is 0 Å². The van der Waals surface area contributed by atoms with Crippen molar-refractivity contribution in [3.05, 3.63) is 0 Å². The number of halogens is 1. The number of ether oxygens (including phenoxy) is 4. The van der Waals surface area contributed by atoms with Crippen LogP contribution in [-0.4, -0.2) is 60.3 Å². The van der Waals surface area contributed by atoms with E-state index in [2.05, 4.69) is 21.2 Å². The van der Waals surface area contributed by atoms with E-state index in [9.17, 15) is 19.2 Å². The minimum atomic E-state index is -1.40. The lowest BCUT2D eigenvalue weighted by Crippen LogP contribution is -2.43. The van der Waals surface area contributed by atoms with Crippen LogP contribution < -0.4 is 5.32 Å². The average molecular weight is 524 g/mol. The highest BCUT2D eigenvalue weighted by molar-refractivity contribution is 9.10. The molecule has 1 unspecified atom stereocenters. The van der Waals surface area contributed by atoms with Crippen LogP contribution in [0.15, 0.2) is 0 Å². The molecule has 0 aliphatic carbocycles. The highest BCUT2D eigenvalue weighted by atomic mass is 79.9. The van der Waals surface area contributed by atoms with Gasteiger partial charge >= 0.3 is 24.0 Å². The van der Waals surface area contributed by atoms with Crippen LogP contribution in [-0.2, 0) is 33.3 Å². The standard InChI is InChI=1S/C22H38BrNO8/c1-19(2,3)15(25)30-13-22(9,14-31-16(26)21(7,8)23)17(27)29-12-10-11-24-18(28)32-20(4,5)6/h10-14H2,1-9H3,(H,24,28). The Morgan fingerprint density at radius 1 is 0.750 bits per heavy atom. The quantitative estimate of drug-likeness (QED) is 0.199. The second-order valence-electron chi connectivity index (χ2n) is 10.4. The molecule has 0 aliphatic rings. The van der Waals surface area contributed by atoms with Crippen LogP contribution >= 0.6 is 15.9 Å². The number of carbonyl (C=O) groups is 4. The predicted octanol–water partition coefficient (Wildman–Crippen LogP) is 3.76.